The summed E-state index contributed by atoms with van der Waals surface area (Å²) < 4.78 is 20.4. The fourth-order valence-electron chi connectivity index (χ4n) is 2.91. The lowest BCUT2D eigenvalue weighted by Crippen LogP contribution is -2.41. The van der Waals surface area contributed by atoms with E-state index in [2.05, 4.69) is 29.6 Å². The van der Waals surface area contributed by atoms with Crippen molar-refractivity contribution in [2.24, 2.45) is 0 Å². The number of rotatable bonds is 6. The molecule has 10 heteroatoms. The van der Waals surface area contributed by atoms with Crippen molar-refractivity contribution < 1.29 is 14.0 Å². The van der Waals surface area contributed by atoms with Gasteiger partial charge in [-0.05, 0) is 51.4 Å². The predicted molar refractivity (Wildman–Crippen MR) is 117 cm³/mol. The summed E-state index contributed by atoms with van der Waals surface area (Å²) in [4.78, 5) is 8.44. The molecule has 0 amide bonds. The van der Waals surface area contributed by atoms with Crippen LogP contribution in [0.5, 0.6) is 0 Å². The van der Waals surface area contributed by atoms with E-state index in [1.165, 1.54) is 0 Å². The number of aromatic nitrogens is 3. The molecule has 0 saturated carbocycles. The van der Waals surface area contributed by atoms with Crippen LogP contribution in [0.4, 0.5) is 0 Å². The molecule has 0 unspecified atom stereocenters. The quantitative estimate of drug-likeness (QED) is 0.287. The van der Waals surface area contributed by atoms with E-state index in [-0.39, 0.29) is 5.28 Å². The van der Waals surface area contributed by atoms with Crippen LogP contribution in [0.3, 0.4) is 0 Å². The predicted octanol–water partition coefficient (Wildman–Crippen LogP) is 4.35. The first-order valence-electron chi connectivity index (χ1n) is 9.46. The molecule has 3 heterocycles. The van der Waals surface area contributed by atoms with Crippen LogP contribution in [0.15, 0.2) is 6.07 Å². The fraction of sp³-hybridized carbons (Fsp3) is 0.667. The maximum Gasteiger partial charge on any atom is 0.512 e. The first kappa shape index (κ1) is 22.1. The molecule has 154 valence electrons. The molecule has 2 aromatic rings. The Kier molecular flexibility index (Phi) is 5.95. The maximum absolute atomic E-state index is 6.32. The Morgan fingerprint density at radius 3 is 2.29 bits per heavy atom. The standard InChI is InChI=1S/C18H28BCl2N3O3Si/c1-17(2)18(3,4)27-19(26-17)13-10-12-14(20)22-16(21)23-15(12)24(13)11-25-8-9-28(5,6)7/h10H,8-9,11H2,1-7H3. The van der Waals surface area contributed by atoms with Crippen LogP contribution in [0.1, 0.15) is 27.7 Å². The van der Waals surface area contributed by atoms with Gasteiger partial charge in [-0.25, -0.2) is 4.98 Å². The third-order valence-corrected chi connectivity index (χ3v) is 7.58. The van der Waals surface area contributed by atoms with Crippen LogP contribution < -0.4 is 5.59 Å². The number of fused-ring (bicyclic) bond motifs is 1. The Morgan fingerprint density at radius 2 is 1.71 bits per heavy atom. The van der Waals surface area contributed by atoms with Gasteiger partial charge in [0.25, 0.3) is 0 Å². The first-order chi connectivity index (χ1) is 12.8. The van der Waals surface area contributed by atoms with Crippen molar-refractivity contribution in [3.05, 3.63) is 16.5 Å². The first-order valence-corrected chi connectivity index (χ1v) is 13.9. The van der Waals surface area contributed by atoms with Gasteiger partial charge in [-0.1, -0.05) is 31.2 Å². The van der Waals surface area contributed by atoms with Crippen molar-refractivity contribution in [3.8, 4) is 0 Å². The Morgan fingerprint density at radius 1 is 1.11 bits per heavy atom. The zero-order chi connectivity index (χ0) is 20.9. The third kappa shape index (κ3) is 4.42. The molecule has 0 radical (unpaired) electrons. The van der Waals surface area contributed by atoms with Gasteiger partial charge in [-0.3, -0.25) is 0 Å². The molecule has 1 saturated heterocycles. The molecule has 0 bridgehead atoms. The van der Waals surface area contributed by atoms with E-state index in [1.807, 2.05) is 38.3 Å². The average molecular weight is 444 g/mol. The SMILES string of the molecule is CC1(C)OB(c2cc3c(Cl)nc(Cl)nc3n2COCC[Si](C)(C)C)OC1(C)C. The minimum Gasteiger partial charge on any atom is -0.398 e. The zero-order valence-corrected chi connectivity index (χ0v) is 20.1. The van der Waals surface area contributed by atoms with Crippen molar-refractivity contribution in [2.45, 2.75) is 71.3 Å². The van der Waals surface area contributed by atoms with Crippen LogP contribution >= 0.6 is 23.2 Å². The number of halogens is 2. The summed E-state index contributed by atoms with van der Waals surface area (Å²) in [6, 6.07) is 2.98. The van der Waals surface area contributed by atoms with E-state index in [1.54, 1.807) is 0 Å². The molecule has 3 rings (SSSR count). The smallest absolute Gasteiger partial charge is 0.398 e. The largest absolute Gasteiger partial charge is 0.512 e. The van der Waals surface area contributed by atoms with E-state index in [4.69, 9.17) is 37.2 Å². The van der Waals surface area contributed by atoms with E-state index in [0.717, 1.165) is 11.6 Å². The second kappa shape index (κ2) is 7.56. The number of ether oxygens (including phenoxy) is 1. The highest BCUT2D eigenvalue weighted by Gasteiger charge is 2.53. The van der Waals surface area contributed by atoms with Gasteiger partial charge in [0.1, 0.15) is 17.5 Å². The van der Waals surface area contributed by atoms with Gasteiger partial charge >= 0.3 is 7.12 Å². The molecular formula is C18H28BCl2N3O3Si. The van der Waals surface area contributed by atoms with Crippen molar-refractivity contribution in [2.75, 3.05) is 6.61 Å². The normalized spacial score (nSPS) is 19.0. The van der Waals surface area contributed by atoms with Crippen LogP contribution in [-0.4, -0.2) is 47.5 Å². The van der Waals surface area contributed by atoms with Crippen molar-refractivity contribution in [3.63, 3.8) is 0 Å². The summed E-state index contributed by atoms with van der Waals surface area (Å²) in [6.07, 6.45) is 0. The Bertz CT molecular complexity index is 867. The minimum absolute atomic E-state index is 0.0967. The number of nitrogens with zero attached hydrogens (tertiary/aromatic N) is 3. The summed E-state index contributed by atoms with van der Waals surface area (Å²) >= 11 is 12.4. The Labute approximate surface area is 178 Å². The summed E-state index contributed by atoms with van der Waals surface area (Å²) in [5.74, 6) is 0. The number of hydrogen-bond donors (Lipinski definition) is 0. The van der Waals surface area contributed by atoms with Crippen molar-refractivity contribution in [1.29, 1.82) is 0 Å². The molecule has 1 aliphatic heterocycles. The highest BCUT2D eigenvalue weighted by Crippen LogP contribution is 2.37. The molecule has 28 heavy (non-hydrogen) atoms. The lowest BCUT2D eigenvalue weighted by atomic mass is 9.84. The Hall–Kier alpha value is -0.638. The molecule has 0 aliphatic carbocycles. The molecule has 6 nitrogen and oxygen atoms in total. The van der Waals surface area contributed by atoms with Gasteiger partial charge in [0.2, 0.25) is 5.28 Å². The highest BCUT2D eigenvalue weighted by atomic mass is 35.5. The van der Waals surface area contributed by atoms with Crippen LogP contribution in [0.2, 0.25) is 36.1 Å². The van der Waals surface area contributed by atoms with Gasteiger partial charge in [-0.15, -0.1) is 0 Å². The van der Waals surface area contributed by atoms with Gasteiger partial charge in [0.15, 0.2) is 0 Å². The molecule has 1 fully saturated rings. The lowest BCUT2D eigenvalue weighted by Gasteiger charge is -2.32. The summed E-state index contributed by atoms with van der Waals surface area (Å²) in [5, 5.41) is 1.10. The van der Waals surface area contributed by atoms with Crippen LogP contribution in [0.25, 0.3) is 11.0 Å². The zero-order valence-electron chi connectivity index (χ0n) is 17.6. The molecular weight excluding hydrogens is 416 g/mol. The Balaban J connectivity index is 1.96. The van der Waals surface area contributed by atoms with Gasteiger partial charge in [0.05, 0.1) is 22.2 Å². The maximum atomic E-state index is 6.32. The summed E-state index contributed by atoms with van der Waals surface area (Å²) in [7, 11) is -1.74. The minimum atomic E-state index is -1.18. The molecule has 1 aliphatic rings. The van der Waals surface area contributed by atoms with E-state index in [9.17, 15) is 0 Å². The second-order valence-electron chi connectivity index (χ2n) is 9.45. The van der Waals surface area contributed by atoms with E-state index < -0.39 is 26.4 Å². The van der Waals surface area contributed by atoms with E-state index in [0.29, 0.717) is 29.5 Å². The molecule has 0 N–H and O–H groups in total. The third-order valence-electron chi connectivity index (χ3n) is 5.42. The topological polar surface area (TPSA) is 58.4 Å². The monoisotopic (exact) mass is 443 g/mol. The highest BCUT2D eigenvalue weighted by molar-refractivity contribution is 6.76. The van der Waals surface area contributed by atoms with Gasteiger partial charge < -0.3 is 18.6 Å². The average Bonchev–Trinajstić information content (AvgIpc) is 2.98. The number of hydrogen-bond acceptors (Lipinski definition) is 5. The fourth-order valence-corrected chi connectivity index (χ4v) is 4.10. The van der Waals surface area contributed by atoms with Gasteiger partial charge in [0, 0.05) is 14.7 Å². The van der Waals surface area contributed by atoms with Crippen molar-refractivity contribution in [1.82, 2.24) is 14.5 Å². The lowest BCUT2D eigenvalue weighted by molar-refractivity contribution is 0.00578. The van der Waals surface area contributed by atoms with E-state index >= 15 is 0 Å². The van der Waals surface area contributed by atoms with Crippen LogP contribution in [-0.2, 0) is 20.8 Å². The van der Waals surface area contributed by atoms with Crippen molar-refractivity contribution >= 4 is 55.0 Å². The molecule has 0 spiro atoms. The molecule has 0 atom stereocenters. The summed E-state index contributed by atoms with van der Waals surface area (Å²) in [6.45, 7) is 16.1. The molecule has 0 aromatic carbocycles. The van der Waals surface area contributed by atoms with Crippen LogP contribution in [0, 0.1) is 0 Å². The summed E-state index contributed by atoms with van der Waals surface area (Å²) in [5.41, 5.74) is 0.498. The second-order valence-corrected chi connectivity index (χ2v) is 15.8. The molecule has 2 aromatic heterocycles. The van der Waals surface area contributed by atoms with Gasteiger partial charge in [-0.2, -0.15) is 4.98 Å².